The van der Waals surface area contributed by atoms with Crippen molar-refractivity contribution in [2.24, 2.45) is 0 Å². The van der Waals surface area contributed by atoms with Crippen LogP contribution in [0.15, 0.2) is 42.7 Å². The van der Waals surface area contributed by atoms with Gasteiger partial charge in [-0.1, -0.05) is 30.3 Å². The maximum absolute atomic E-state index is 11.6. The van der Waals surface area contributed by atoms with Gasteiger partial charge in [-0.3, -0.25) is 0 Å². The first-order valence-electron chi connectivity index (χ1n) is 6.43. The van der Waals surface area contributed by atoms with Crippen LogP contribution in [0, 0.1) is 0 Å². The molecule has 0 spiro atoms. The summed E-state index contributed by atoms with van der Waals surface area (Å²) >= 11 is 0. The van der Waals surface area contributed by atoms with Crippen LogP contribution in [0.5, 0.6) is 0 Å². The predicted octanol–water partition coefficient (Wildman–Crippen LogP) is 2.97. The number of carbonyl (C=O) groups excluding carboxylic acids is 1. The van der Waals surface area contributed by atoms with Gasteiger partial charge >= 0.3 is 12.1 Å². The molecule has 120 valence electrons. The Kier molecular flexibility index (Phi) is 5.94. The fourth-order valence-corrected chi connectivity index (χ4v) is 1.46. The minimum absolute atomic E-state index is 0.426. The molecule has 0 radical (unpaired) electrons. The monoisotopic (exact) mass is 310 g/mol. The second kappa shape index (κ2) is 7.46. The van der Waals surface area contributed by atoms with Crippen molar-refractivity contribution in [2.75, 3.05) is 0 Å². The van der Waals surface area contributed by atoms with E-state index in [1.54, 1.807) is 13.8 Å². The van der Waals surface area contributed by atoms with Gasteiger partial charge in [0, 0.05) is 6.92 Å². The third-order valence-electron chi connectivity index (χ3n) is 2.59. The third kappa shape index (κ3) is 5.45. The van der Waals surface area contributed by atoms with E-state index >= 15 is 0 Å². The van der Waals surface area contributed by atoms with E-state index < -0.39 is 29.8 Å². The molecule has 0 bridgehead atoms. The minimum atomic E-state index is -1.56. The van der Waals surface area contributed by atoms with E-state index in [0.717, 1.165) is 5.56 Å². The summed E-state index contributed by atoms with van der Waals surface area (Å²) < 4.78 is 8.87. The first kappa shape index (κ1) is 17.5. The number of hydrogen-bond acceptors (Lipinski definition) is 6. The zero-order valence-corrected chi connectivity index (χ0v) is 12.6. The number of ether oxygens (including phenoxy) is 2. The summed E-state index contributed by atoms with van der Waals surface area (Å²) in [7, 11) is 0. The number of benzene rings is 1. The molecule has 1 rings (SSSR count). The van der Waals surface area contributed by atoms with Gasteiger partial charge in [0.05, 0.1) is 0 Å². The Hall–Kier alpha value is -2.54. The number of carbonyl (C=O) groups is 2. The van der Waals surface area contributed by atoms with Gasteiger partial charge in [0.25, 0.3) is 0 Å². The van der Waals surface area contributed by atoms with Crippen LogP contribution in [0.2, 0.25) is 0 Å². The Labute approximate surface area is 128 Å². The van der Waals surface area contributed by atoms with E-state index in [-0.39, 0.29) is 0 Å². The first-order chi connectivity index (χ1) is 10.2. The molecular formula is C15H18O7. The fourth-order valence-electron chi connectivity index (χ4n) is 1.46. The average molecular weight is 310 g/mol. The summed E-state index contributed by atoms with van der Waals surface area (Å²) in [5.74, 6) is -1.41. The van der Waals surface area contributed by atoms with E-state index in [4.69, 9.17) is 14.9 Å². The molecule has 7 nitrogen and oxygen atoms in total. The summed E-state index contributed by atoms with van der Waals surface area (Å²) in [5.41, 5.74) is 0.00644. The van der Waals surface area contributed by atoms with Crippen molar-refractivity contribution >= 4 is 12.1 Å². The SMILES string of the molecule is C=C(OOC(C)(C)c1ccccc1)C(=O)OC(C)OC(=O)O. The molecule has 0 aliphatic heterocycles. The zero-order valence-electron chi connectivity index (χ0n) is 12.6. The Morgan fingerprint density at radius 2 is 1.77 bits per heavy atom. The van der Waals surface area contributed by atoms with Crippen molar-refractivity contribution in [1.82, 2.24) is 0 Å². The Bertz CT molecular complexity index is 536. The quantitative estimate of drug-likeness (QED) is 0.207. The minimum Gasteiger partial charge on any atom is -0.450 e. The van der Waals surface area contributed by atoms with Crippen molar-refractivity contribution < 1.29 is 33.9 Å². The highest BCUT2D eigenvalue weighted by Gasteiger charge is 2.26. The predicted molar refractivity (Wildman–Crippen MR) is 75.4 cm³/mol. The second-order valence-electron chi connectivity index (χ2n) is 4.82. The van der Waals surface area contributed by atoms with Gasteiger partial charge in [-0.05, 0) is 26.0 Å². The highest BCUT2D eigenvalue weighted by Crippen LogP contribution is 2.25. The molecule has 0 amide bonds. The van der Waals surface area contributed by atoms with Gasteiger partial charge in [-0.2, -0.15) is 4.89 Å². The van der Waals surface area contributed by atoms with Crippen LogP contribution in [-0.2, 0) is 29.6 Å². The van der Waals surface area contributed by atoms with E-state index in [1.165, 1.54) is 6.92 Å². The molecule has 0 heterocycles. The van der Waals surface area contributed by atoms with Crippen LogP contribution >= 0.6 is 0 Å². The van der Waals surface area contributed by atoms with Gasteiger partial charge in [-0.25, -0.2) is 9.59 Å². The van der Waals surface area contributed by atoms with Gasteiger partial charge in [0.15, 0.2) is 0 Å². The van der Waals surface area contributed by atoms with Crippen molar-refractivity contribution in [1.29, 1.82) is 0 Å². The van der Waals surface area contributed by atoms with Gasteiger partial charge in [-0.15, -0.1) is 0 Å². The van der Waals surface area contributed by atoms with Crippen molar-refractivity contribution in [2.45, 2.75) is 32.7 Å². The molecule has 1 N–H and O–H groups in total. The molecule has 0 saturated heterocycles. The highest BCUT2D eigenvalue weighted by atomic mass is 17.2. The lowest BCUT2D eigenvalue weighted by molar-refractivity contribution is -0.331. The third-order valence-corrected chi connectivity index (χ3v) is 2.59. The lowest BCUT2D eigenvalue weighted by atomic mass is 9.99. The van der Waals surface area contributed by atoms with Gasteiger partial charge in [0.2, 0.25) is 12.0 Å². The maximum atomic E-state index is 11.6. The summed E-state index contributed by atoms with van der Waals surface area (Å²) in [4.78, 5) is 31.9. The van der Waals surface area contributed by atoms with Crippen LogP contribution in [0.25, 0.3) is 0 Å². The van der Waals surface area contributed by atoms with Crippen LogP contribution in [0.4, 0.5) is 4.79 Å². The van der Waals surface area contributed by atoms with E-state index in [9.17, 15) is 9.59 Å². The van der Waals surface area contributed by atoms with Gasteiger partial charge in [0.1, 0.15) is 5.60 Å². The summed E-state index contributed by atoms with van der Waals surface area (Å²) in [5, 5.41) is 8.38. The smallest absolute Gasteiger partial charge is 0.450 e. The fraction of sp³-hybridized carbons (Fsp3) is 0.333. The number of rotatable bonds is 7. The molecule has 0 aliphatic rings. The van der Waals surface area contributed by atoms with E-state index in [0.29, 0.717) is 0 Å². The Morgan fingerprint density at radius 3 is 2.32 bits per heavy atom. The van der Waals surface area contributed by atoms with Crippen LogP contribution in [-0.4, -0.2) is 23.5 Å². The number of carboxylic acid groups (broad SMARTS) is 1. The maximum Gasteiger partial charge on any atom is 0.508 e. The Balaban J connectivity index is 2.51. The van der Waals surface area contributed by atoms with Crippen molar-refractivity contribution in [3.63, 3.8) is 0 Å². The Morgan fingerprint density at radius 1 is 1.18 bits per heavy atom. The van der Waals surface area contributed by atoms with Crippen molar-refractivity contribution in [3.8, 4) is 0 Å². The topological polar surface area (TPSA) is 91.3 Å². The summed E-state index contributed by atoms with van der Waals surface area (Å²) in [6.45, 7) is 8.10. The lowest BCUT2D eigenvalue weighted by Crippen LogP contribution is -2.25. The molecule has 0 saturated carbocycles. The molecule has 0 aromatic heterocycles. The molecule has 0 fully saturated rings. The summed E-state index contributed by atoms with van der Waals surface area (Å²) in [6, 6.07) is 9.23. The number of esters is 1. The average Bonchev–Trinajstić information content (AvgIpc) is 2.44. The molecule has 0 aliphatic carbocycles. The van der Waals surface area contributed by atoms with Crippen LogP contribution < -0.4 is 0 Å². The highest BCUT2D eigenvalue weighted by molar-refractivity contribution is 5.85. The molecule has 1 aromatic carbocycles. The summed E-state index contributed by atoms with van der Waals surface area (Å²) in [6.07, 6.45) is -2.85. The normalized spacial score (nSPS) is 12.1. The van der Waals surface area contributed by atoms with E-state index in [1.807, 2.05) is 30.3 Å². The standard InChI is InChI=1S/C15H18O7/c1-10(13(16)19-11(2)20-14(17)18)21-22-15(3,4)12-8-6-5-7-9-12/h5-9,11H,1H2,2-4H3,(H,17,18). The van der Waals surface area contributed by atoms with Crippen molar-refractivity contribution in [3.05, 3.63) is 48.2 Å². The molecular weight excluding hydrogens is 292 g/mol. The van der Waals surface area contributed by atoms with Gasteiger partial charge < -0.3 is 19.5 Å². The lowest BCUT2D eigenvalue weighted by Gasteiger charge is -2.24. The zero-order chi connectivity index (χ0) is 16.8. The molecule has 7 heteroatoms. The van der Waals surface area contributed by atoms with E-state index in [2.05, 4.69) is 16.1 Å². The number of hydrogen-bond donors (Lipinski definition) is 1. The largest absolute Gasteiger partial charge is 0.508 e. The first-order valence-corrected chi connectivity index (χ1v) is 6.43. The van der Waals surface area contributed by atoms with Crippen LogP contribution in [0.1, 0.15) is 26.3 Å². The molecule has 1 atom stereocenters. The molecule has 22 heavy (non-hydrogen) atoms. The van der Waals surface area contributed by atoms with Crippen LogP contribution in [0.3, 0.4) is 0 Å². The molecule has 1 aromatic rings. The molecule has 1 unspecified atom stereocenters. The second-order valence-corrected chi connectivity index (χ2v) is 4.82.